The SMILES string of the molecule is COC(=O)[C@]1(c2ccccc2)C[C@]1(C)c1ccccc1. The van der Waals surface area contributed by atoms with Crippen LogP contribution in [0.1, 0.15) is 24.5 Å². The van der Waals surface area contributed by atoms with Crippen LogP contribution in [0.5, 0.6) is 0 Å². The van der Waals surface area contributed by atoms with Crippen LogP contribution in [0.3, 0.4) is 0 Å². The summed E-state index contributed by atoms with van der Waals surface area (Å²) in [5.41, 5.74) is 1.49. The molecule has 2 atom stereocenters. The Morgan fingerprint density at radius 2 is 1.45 bits per heavy atom. The Balaban J connectivity index is 2.11. The fourth-order valence-corrected chi connectivity index (χ4v) is 3.37. The van der Waals surface area contributed by atoms with Crippen LogP contribution in [0.4, 0.5) is 0 Å². The van der Waals surface area contributed by atoms with E-state index in [9.17, 15) is 4.79 Å². The number of ether oxygens (including phenoxy) is 1. The summed E-state index contributed by atoms with van der Waals surface area (Å²) in [4.78, 5) is 12.5. The Hall–Kier alpha value is -2.09. The van der Waals surface area contributed by atoms with Gasteiger partial charge in [0.25, 0.3) is 0 Å². The molecule has 0 unspecified atom stereocenters. The van der Waals surface area contributed by atoms with Gasteiger partial charge < -0.3 is 4.74 Å². The van der Waals surface area contributed by atoms with E-state index < -0.39 is 5.41 Å². The van der Waals surface area contributed by atoms with Crippen LogP contribution >= 0.6 is 0 Å². The number of hydrogen-bond acceptors (Lipinski definition) is 2. The molecule has 0 N–H and O–H groups in total. The van der Waals surface area contributed by atoms with Crippen LogP contribution in [-0.4, -0.2) is 13.1 Å². The van der Waals surface area contributed by atoms with Gasteiger partial charge >= 0.3 is 5.97 Å². The highest BCUT2D eigenvalue weighted by Gasteiger charge is 2.71. The molecule has 2 aromatic carbocycles. The summed E-state index contributed by atoms with van der Waals surface area (Å²) in [6.45, 7) is 2.15. The molecule has 0 aromatic heterocycles. The van der Waals surface area contributed by atoms with E-state index in [1.807, 2.05) is 48.5 Å². The minimum atomic E-state index is -0.551. The predicted molar refractivity (Wildman–Crippen MR) is 78.5 cm³/mol. The van der Waals surface area contributed by atoms with Gasteiger partial charge in [0.05, 0.1) is 7.11 Å². The first-order chi connectivity index (χ1) is 9.65. The van der Waals surface area contributed by atoms with Crippen LogP contribution in [0.15, 0.2) is 60.7 Å². The third-order valence-electron chi connectivity index (χ3n) is 4.65. The van der Waals surface area contributed by atoms with Crippen molar-refractivity contribution in [3.63, 3.8) is 0 Å². The summed E-state index contributed by atoms with van der Waals surface area (Å²) < 4.78 is 5.11. The molecule has 0 spiro atoms. The smallest absolute Gasteiger partial charge is 0.317 e. The molecule has 2 nitrogen and oxygen atoms in total. The highest BCUT2D eigenvalue weighted by atomic mass is 16.5. The zero-order valence-electron chi connectivity index (χ0n) is 11.8. The van der Waals surface area contributed by atoms with Gasteiger partial charge in [0.1, 0.15) is 5.41 Å². The van der Waals surface area contributed by atoms with Gasteiger partial charge in [-0.15, -0.1) is 0 Å². The van der Waals surface area contributed by atoms with Crippen molar-refractivity contribution in [3.8, 4) is 0 Å². The Labute approximate surface area is 119 Å². The number of benzene rings is 2. The van der Waals surface area contributed by atoms with Crippen molar-refractivity contribution in [2.75, 3.05) is 7.11 Å². The molecule has 0 radical (unpaired) electrons. The lowest BCUT2D eigenvalue weighted by Gasteiger charge is -2.21. The number of carbonyl (C=O) groups excluding carboxylic acids is 1. The summed E-state index contributed by atoms with van der Waals surface area (Å²) in [6.07, 6.45) is 0.792. The molecular formula is C18H18O2. The van der Waals surface area contributed by atoms with Crippen molar-refractivity contribution >= 4 is 5.97 Å². The molecule has 1 saturated carbocycles. The summed E-state index contributed by atoms with van der Waals surface area (Å²) >= 11 is 0. The second-order valence-electron chi connectivity index (χ2n) is 5.64. The molecule has 2 heteroatoms. The normalized spacial score (nSPS) is 27.9. The molecule has 0 amide bonds. The third-order valence-corrected chi connectivity index (χ3v) is 4.65. The predicted octanol–water partition coefficient (Wildman–Crippen LogP) is 3.46. The average molecular weight is 266 g/mol. The fourth-order valence-electron chi connectivity index (χ4n) is 3.37. The molecule has 102 valence electrons. The maximum Gasteiger partial charge on any atom is 0.317 e. The first-order valence-corrected chi connectivity index (χ1v) is 6.84. The zero-order chi connectivity index (χ0) is 14.2. The standard InChI is InChI=1S/C18H18O2/c1-17(14-9-5-3-6-10-14)13-18(17,16(19)20-2)15-11-7-4-8-12-15/h3-12H,13H2,1-2H3/t17-,18-/m1/s1. The van der Waals surface area contributed by atoms with Crippen molar-refractivity contribution in [1.82, 2.24) is 0 Å². The monoisotopic (exact) mass is 266 g/mol. The van der Waals surface area contributed by atoms with Gasteiger partial charge in [0, 0.05) is 5.41 Å². The van der Waals surface area contributed by atoms with Gasteiger partial charge in [0.2, 0.25) is 0 Å². The van der Waals surface area contributed by atoms with Crippen molar-refractivity contribution in [2.24, 2.45) is 0 Å². The molecule has 2 aromatic rings. The van der Waals surface area contributed by atoms with E-state index in [0.29, 0.717) is 0 Å². The van der Waals surface area contributed by atoms with Gasteiger partial charge in [-0.05, 0) is 17.5 Å². The maximum atomic E-state index is 12.5. The molecule has 1 aliphatic rings. The first-order valence-electron chi connectivity index (χ1n) is 6.84. The lowest BCUT2D eigenvalue weighted by Crippen LogP contribution is -2.30. The molecule has 1 fully saturated rings. The van der Waals surface area contributed by atoms with Crippen LogP contribution in [-0.2, 0) is 20.4 Å². The van der Waals surface area contributed by atoms with Crippen LogP contribution < -0.4 is 0 Å². The molecule has 3 rings (SSSR count). The summed E-state index contributed by atoms with van der Waals surface area (Å²) in [5, 5.41) is 0. The maximum absolute atomic E-state index is 12.5. The summed E-state index contributed by atoms with van der Waals surface area (Å²) in [5.74, 6) is -0.143. The van der Waals surface area contributed by atoms with E-state index >= 15 is 0 Å². The Morgan fingerprint density at radius 1 is 0.950 bits per heavy atom. The molecule has 0 heterocycles. The minimum absolute atomic E-state index is 0.143. The van der Waals surface area contributed by atoms with Crippen LogP contribution in [0.2, 0.25) is 0 Å². The quantitative estimate of drug-likeness (QED) is 0.795. The number of rotatable bonds is 3. The molecule has 0 saturated heterocycles. The molecule has 0 bridgehead atoms. The number of esters is 1. The van der Waals surface area contributed by atoms with Crippen LogP contribution in [0, 0.1) is 0 Å². The lowest BCUT2D eigenvalue weighted by molar-refractivity contribution is -0.144. The van der Waals surface area contributed by atoms with Crippen LogP contribution in [0.25, 0.3) is 0 Å². The van der Waals surface area contributed by atoms with E-state index in [1.165, 1.54) is 12.7 Å². The van der Waals surface area contributed by atoms with Crippen molar-refractivity contribution in [2.45, 2.75) is 24.2 Å². The van der Waals surface area contributed by atoms with E-state index in [-0.39, 0.29) is 11.4 Å². The number of hydrogen-bond donors (Lipinski definition) is 0. The van der Waals surface area contributed by atoms with Gasteiger partial charge in [0.15, 0.2) is 0 Å². The van der Waals surface area contributed by atoms with E-state index in [4.69, 9.17) is 4.74 Å². The first kappa shape index (κ1) is 12.9. The molecule has 0 aliphatic heterocycles. The van der Waals surface area contributed by atoms with E-state index in [0.717, 1.165) is 12.0 Å². The second-order valence-corrected chi connectivity index (χ2v) is 5.64. The second kappa shape index (κ2) is 4.48. The van der Waals surface area contributed by atoms with Crippen molar-refractivity contribution in [3.05, 3.63) is 71.8 Å². The Kier molecular flexibility index (Phi) is 2.89. The zero-order valence-corrected chi connectivity index (χ0v) is 11.8. The summed E-state index contributed by atoms with van der Waals surface area (Å²) in [6, 6.07) is 20.2. The fraction of sp³-hybridized carbons (Fsp3) is 0.278. The molecular weight excluding hydrogens is 248 g/mol. The molecule has 1 aliphatic carbocycles. The Bertz CT molecular complexity index is 620. The molecule has 20 heavy (non-hydrogen) atoms. The largest absolute Gasteiger partial charge is 0.468 e. The number of methoxy groups -OCH3 is 1. The number of carbonyl (C=O) groups is 1. The average Bonchev–Trinajstić information content (AvgIpc) is 3.17. The van der Waals surface area contributed by atoms with Crippen molar-refractivity contribution < 1.29 is 9.53 Å². The van der Waals surface area contributed by atoms with Gasteiger partial charge in [-0.25, -0.2) is 0 Å². The van der Waals surface area contributed by atoms with Gasteiger partial charge in [-0.2, -0.15) is 0 Å². The summed E-state index contributed by atoms with van der Waals surface area (Å²) in [7, 11) is 1.47. The van der Waals surface area contributed by atoms with E-state index in [1.54, 1.807) is 0 Å². The highest BCUT2D eigenvalue weighted by Crippen LogP contribution is 2.65. The van der Waals surface area contributed by atoms with E-state index in [2.05, 4.69) is 19.1 Å². The lowest BCUT2D eigenvalue weighted by atomic mass is 9.83. The minimum Gasteiger partial charge on any atom is -0.468 e. The van der Waals surface area contributed by atoms with Crippen molar-refractivity contribution in [1.29, 1.82) is 0 Å². The topological polar surface area (TPSA) is 26.3 Å². The third kappa shape index (κ3) is 1.61. The highest BCUT2D eigenvalue weighted by molar-refractivity contribution is 5.91. The Morgan fingerprint density at radius 3 is 1.95 bits per heavy atom. The van der Waals surface area contributed by atoms with Gasteiger partial charge in [-0.1, -0.05) is 67.6 Å². The van der Waals surface area contributed by atoms with Gasteiger partial charge in [-0.3, -0.25) is 4.79 Å².